The molecule has 6 N–H and O–H groups in total. The summed E-state index contributed by atoms with van der Waals surface area (Å²) in [4.78, 5) is 16.7. The molecule has 1 unspecified atom stereocenters. The van der Waals surface area contributed by atoms with E-state index in [0.29, 0.717) is 29.6 Å². The molecule has 0 spiro atoms. The molecule has 1 aliphatic rings. The number of urea groups is 1. The Bertz CT molecular complexity index is 728. The van der Waals surface area contributed by atoms with Gasteiger partial charge in [-0.3, -0.25) is 0 Å². The summed E-state index contributed by atoms with van der Waals surface area (Å²) in [5.41, 5.74) is 8.77. The van der Waals surface area contributed by atoms with Crippen LogP contribution >= 0.6 is 0 Å². The Morgan fingerprint density at radius 2 is 2.00 bits per heavy atom. The predicted octanol–water partition coefficient (Wildman–Crippen LogP) is 2.88. The van der Waals surface area contributed by atoms with E-state index in [4.69, 9.17) is 16.3 Å². The van der Waals surface area contributed by atoms with Crippen LogP contribution in [0, 0.1) is 12.8 Å². The number of aryl methyl sites for hydroxylation is 1. The fourth-order valence-corrected chi connectivity index (χ4v) is 3.38. The van der Waals surface area contributed by atoms with Gasteiger partial charge >= 0.3 is 6.03 Å². The maximum Gasteiger partial charge on any atom is 0.315 e. The summed E-state index contributed by atoms with van der Waals surface area (Å²) in [6.45, 7) is 6.93. The number of ether oxygens (including phenoxy) is 1. The molecule has 2 rings (SSSR count). The third-order valence-corrected chi connectivity index (χ3v) is 5.62. The van der Waals surface area contributed by atoms with Gasteiger partial charge in [0.15, 0.2) is 0 Å². The molecule has 8 heteroatoms. The number of aromatic nitrogens is 1. The zero-order valence-corrected chi connectivity index (χ0v) is 18.8. The van der Waals surface area contributed by atoms with Gasteiger partial charge in [0.05, 0.1) is 35.4 Å². The fourth-order valence-electron chi connectivity index (χ4n) is 3.38. The first-order chi connectivity index (χ1) is 14.3. The number of pyridine rings is 1. The molecule has 1 heterocycles. The Morgan fingerprint density at radius 3 is 2.60 bits per heavy atom. The van der Waals surface area contributed by atoms with Gasteiger partial charge in [-0.2, -0.15) is 0 Å². The van der Waals surface area contributed by atoms with E-state index < -0.39 is 0 Å². The van der Waals surface area contributed by atoms with Crippen molar-refractivity contribution < 1.29 is 9.53 Å². The van der Waals surface area contributed by atoms with Crippen molar-refractivity contribution in [3.8, 4) is 5.75 Å². The number of carbonyl (C=O) groups is 1. The molecule has 0 saturated heterocycles. The van der Waals surface area contributed by atoms with Gasteiger partial charge in [-0.25, -0.2) is 15.6 Å². The molecule has 0 radical (unpaired) electrons. The number of rotatable bonds is 9. The van der Waals surface area contributed by atoms with Gasteiger partial charge in [0, 0.05) is 13.6 Å². The summed E-state index contributed by atoms with van der Waals surface area (Å²) >= 11 is 0. The second kappa shape index (κ2) is 11.6. The summed E-state index contributed by atoms with van der Waals surface area (Å²) < 4.78 is 6.14. The maximum absolute atomic E-state index is 12.1. The van der Waals surface area contributed by atoms with Crippen LogP contribution in [0.15, 0.2) is 17.8 Å². The molecule has 30 heavy (non-hydrogen) atoms. The normalized spacial score (nSPS) is 16.4. The Labute approximate surface area is 180 Å². The van der Waals surface area contributed by atoms with Crippen LogP contribution in [0.1, 0.15) is 63.8 Å². The molecule has 1 fully saturated rings. The average Bonchev–Trinajstić information content (AvgIpc) is 2.73. The van der Waals surface area contributed by atoms with E-state index in [1.165, 1.54) is 24.3 Å². The summed E-state index contributed by atoms with van der Waals surface area (Å²) in [5.74, 6) is 7.19. The minimum Gasteiger partial charge on any atom is -0.489 e. The van der Waals surface area contributed by atoms with Gasteiger partial charge in [-0.15, -0.1) is 0 Å². The van der Waals surface area contributed by atoms with Crippen LogP contribution in [-0.4, -0.2) is 42.3 Å². The quantitative estimate of drug-likeness (QED) is 0.362. The molecule has 2 amide bonds. The fraction of sp³-hybridized carbons (Fsp3) is 0.636. The molecule has 1 aromatic rings. The van der Waals surface area contributed by atoms with Gasteiger partial charge in [0.25, 0.3) is 0 Å². The van der Waals surface area contributed by atoms with Crippen LogP contribution < -0.4 is 26.9 Å². The van der Waals surface area contributed by atoms with E-state index in [0.717, 1.165) is 30.7 Å². The van der Waals surface area contributed by atoms with Gasteiger partial charge < -0.3 is 26.1 Å². The van der Waals surface area contributed by atoms with Crippen molar-refractivity contribution in [3.63, 3.8) is 0 Å². The summed E-state index contributed by atoms with van der Waals surface area (Å²) in [5, 5.41) is 7.08. The smallest absolute Gasteiger partial charge is 0.315 e. The zero-order chi connectivity index (χ0) is 22.1. The number of hydrazine groups is 1. The number of nitrogens with zero attached hydrogens (tertiary/aromatic N) is 2. The Kier molecular flexibility index (Phi) is 9.23. The van der Waals surface area contributed by atoms with Crippen LogP contribution in [0.2, 0.25) is 0 Å². The summed E-state index contributed by atoms with van der Waals surface area (Å²) in [6, 6.07) is 3.51. The Balaban J connectivity index is 2.05. The van der Waals surface area contributed by atoms with Crippen molar-refractivity contribution in [2.45, 2.75) is 65.4 Å². The molecule has 168 valence electrons. The third-order valence-electron chi connectivity index (χ3n) is 5.62. The van der Waals surface area contributed by atoms with Crippen molar-refractivity contribution >= 4 is 11.7 Å². The van der Waals surface area contributed by atoms with Crippen LogP contribution in [0.25, 0.3) is 5.70 Å². The lowest BCUT2D eigenvalue weighted by molar-refractivity contribution is 0.153. The van der Waals surface area contributed by atoms with Crippen LogP contribution in [0.5, 0.6) is 5.75 Å². The first kappa shape index (κ1) is 23.8. The lowest BCUT2D eigenvalue weighted by Crippen LogP contribution is -2.42. The lowest BCUT2D eigenvalue weighted by atomic mass is 9.98. The van der Waals surface area contributed by atoms with Crippen LogP contribution in [0.4, 0.5) is 4.79 Å². The third kappa shape index (κ3) is 7.09. The highest BCUT2D eigenvalue weighted by Gasteiger charge is 2.17. The lowest BCUT2D eigenvalue weighted by Gasteiger charge is -2.24. The molecule has 1 aliphatic carbocycles. The molecule has 0 aromatic carbocycles. The molecule has 1 saturated carbocycles. The van der Waals surface area contributed by atoms with Crippen molar-refractivity contribution in [2.24, 2.45) is 17.5 Å². The molecule has 0 bridgehead atoms. The van der Waals surface area contributed by atoms with E-state index in [9.17, 15) is 4.79 Å². The highest BCUT2D eigenvalue weighted by Crippen LogP contribution is 2.26. The number of hydrogen-bond donors (Lipinski definition) is 4. The second-order valence-electron chi connectivity index (χ2n) is 8.21. The number of likely N-dealkylation sites (N-methyl/N-ethyl adjacent to an activating group) is 1. The maximum atomic E-state index is 12.1. The number of hydrogen-bond acceptors (Lipinski definition) is 6. The molecule has 1 aromatic heterocycles. The Hall–Kier alpha value is -2.48. The van der Waals surface area contributed by atoms with Crippen molar-refractivity contribution in [2.75, 3.05) is 20.1 Å². The van der Waals surface area contributed by atoms with Crippen molar-refractivity contribution in [3.05, 3.63) is 29.2 Å². The molecule has 1 atom stereocenters. The Morgan fingerprint density at radius 1 is 1.30 bits per heavy atom. The predicted molar refractivity (Wildman–Crippen MR) is 120 cm³/mol. The number of nitrogens with two attached hydrogens (primary N) is 2. The van der Waals surface area contributed by atoms with Gasteiger partial charge in [-0.1, -0.05) is 26.7 Å². The highest BCUT2D eigenvalue weighted by atomic mass is 16.5. The van der Waals surface area contributed by atoms with E-state index in [2.05, 4.69) is 29.5 Å². The SMILES string of the molecule is CCC(C)CNC(=O)NC/C(=C(/N)c1ccc(OC2CCCCC2)c(C)n1)N(C)N. The van der Waals surface area contributed by atoms with Crippen LogP contribution in [0.3, 0.4) is 0 Å². The average molecular weight is 419 g/mol. The van der Waals surface area contributed by atoms with E-state index >= 15 is 0 Å². The van der Waals surface area contributed by atoms with E-state index in [1.54, 1.807) is 7.05 Å². The minimum atomic E-state index is -0.247. The molecular weight excluding hydrogens is 380 g/mol. The number of nitrogens with one attached hydrogen (secondary N) is 2. The second-order valence-corrected chi connectivity index (χ2v) is 8.21. The standard InChI is InChI=1S/C22H38N6O2/c1-5-15(2)13-25-22(29)26-14-19(28(4)24)21(23)18-11-12-20(16(3)27-18)30-17-9-7-6-8-10-17/h11-12,15,17H,5-10,13-14,23-24H2,1-4H3,(H2,25,26,29)/b21-19-. The summed E-state index contributed by atoms with van der Waals surface area (Å²) in [7, 11) is 1.69. The summed E-state index contributed by atoms with van der Waals surface area (Å²) in [6.07, 6.45) is 7.18. The van der Waals surface area contributed by atoms with Gasteiger partial charge in [0.2, 0.25) is 0 Å². The monoisotopic (exact) mass is 418 g/mol. The number of amides is 2. The highest BCUT2D eigenvalue weighted by molar-refractivity contribution is 5.74. The minimum absolute atomic E-state index is 0.201. The first-order valence-electron chi connectivity index (χ1n) is 10.9. The number of carbonyl (C=O) groups excluding carboxylic acids is 1. The van der Waals surface area contributed by atoms with Crippen molar-refractivity contribution in [1.82, 2.24) is 20.6 Å². The first-order valence-corrected chi connectivity index (χ1v) is 10.9. The van der Waals surface area contributed by atoms with Gasteiger partial charge in [0.1, 0.15) is 5.75 Å². The topological polar surface area (TPSA) is 119 Å². The van der Waals surface area contributed by atoms with Crippen LogP contribution in [-0.2, 0) is 0 Å². The van der Waals surface area contributed by atoms with Gasteiger partial charge in [-0.05, 0) is 50.7 Å². The van der Waals surface area contributed by atoms with E-state index in [-0.39, 0.29) is 18.7 Å². The van der Waals surface area contributed by atoms with E-state index in [1.807, 2.05) is 19.1 Å². The molecule has 0 aliphatic heterocycles. The molecular formula is C22H38N6O2. The molecule has 8 nitrogen and oxygen atoms in total. The van der Waals surface area contributed by atoms with Crippen molar-refractivity contribution in [1.29, 1.82) is 0 Å². The zero-order valence-electron chi connectivity index (χ0n) is 18.8. The largest absolute Gasteiger partial charge is 0.489 e.